The Balaban J connectivity index is 1.63. The van der Waals surface area contributed by atoms with Crippen molar-refractivity contribution in [2.24, 2.45) is 0 Å². The van der Waals surface area contributed by atoms with Gasteiger partial charge in [-0.25, -0.2) is 4.79 Å². The molecule has 2 aromatic carbocycles. The maximum absolute atomic E-state index is 12.6. The van der Waals surface area contributed by atoms with Crippen LogP contribution in [0.4, 0.5) is 0 Å². The molecule has 1 saturated heterocycles. The molecule has 33 heavy (non-hydrogen) atoms. The molecule has 0 spiro atoms. The third-order valence-electron chi connectivity index (χ3n) is 6.10. The predicted octanol–water partition coefficient (Wildman–Crippen LogP) is 3.74. The van der Waals surface area contributed by atoms with E-state index >= 15 is 0 Å². The number of carbonyl (C=O) groups excluding carboxylic acids is 3. The summed E-state index contributed by atoms with van der Waals surface area (Å²) in [5.74, 6) is 0.133. The minimum atomic E-state index is -0.644. The van der Waals surface area contributed by atoms with Gasteiger partial charge in [-0.15, -0.1) is 0 Å². The van der Waals surface area contributed by atoms with Crippen LogP contribution in [-0.2, 0) is 25.5 Å². The zero-order valence-corrected chi connectivity index (χ0v) is 20.1. The number of rotatable bonds is 11. The van der Waals surface area contributed by atoms with Gasteiger partial charge in [-0.1, -0.05) is 54.6 Å². The zero-order valence-electron chi connectivity index (χ0n) is 19.3. The molecule has 2 unspecified atom stereocenters. The predicted molar refractivity (Wildman–Crippen MR) is 132 cm³/mol. The molecule has 0 saturated carbocycles. The van der Waals surface area contributed by atoms with Crippen molar-refractivity contribution in [1.82, 2.24) is 10.6 Å². The first-order chi connectivity index (χ1) is 15.9. The molecule has 1 heterocycles. The second-order valence-corrected chi connectivity index (χ2v) is 9.48. The van der Waals surface area contributed by atoms with E-state index in [4.69, 9.17) is 4.74 Å². The van der Waals surface area contributed by atoms with Gasteiger partial charge < -0.3 is 15.4 Å². The normalized spacial score (nSPS) is 18.4. The van der Waals surface area contributed by atoms with Gasteiger partial charge in [0.25, 0.3) is 0 Å². The van der Waals surface area contributed by atoms with Crippen LogP contribution in [0.25, 0.3) is 11.1 Å². The highest BCUT2D eigenvalue weighted by Gasteiger charge is 2.38. The Bertz CT molecular complexity index is 949. The van der Waals surface area contributed by atoms with Gasteiger partial charge in [-0.05, 0) is 54.4 Å². The van der Waals surface area contributed by atoms with Crippen LogP contribution >= 0.6 is 11.8 Å². The summed E-state index contributed by atoms with van der Waals surface area (Å²) in [4.78, 5) is 36.7. The molecule has 1 aliphatic rings. The summed E-state index contributed by atoms with van der Waals surface area (Å²) in [5, 5.41) is 5.93. The Morgan fingerprint density at radius 3 is 2.42 bits per heavy atom. The van der Waals surface area contributed by atoms with Crippen LogP contribution < -0.4 is 10.6 Å². The van der Waals surface area contributed by atoms with Crippen LogP contribution in [0, 0.1) is 0 Å². The highest BCUT2D eigenvalue weighted by Crippen LogP contribution is 2.30. The second-order valence-electron chi connectivity index (χ2n) is 8.49. The average molecular weight is 469 g/mol. The van der Waals surface area contributed by atoms with Crippen LogP contribution in [-0.4, -0.2) is 48.5 Å². The van der Waals surface area contributed by atoms with Gasteiger partial charge in [0.1, 0.15) is 6.04 Å². The van der Waals surface area contributed by atoms with Crippen molar-refractivity contribution >= 4 is 29.5 Å². The van der Waals surface area contributed by atoms with Crippen molar-refractivity contribution in [1.29, 1.82) is 0 Å². The fourth-order valence-corrected chi connectivity index (χ4v) is 4.74. The lowest BCUT2D eigenvalue weighted by molar-refractivity contribution is -0.145. The number of hydrogen-bond donors (Lipinski definition) is 2. The molecule has 3 rings (SSSR count). The van der Waals surface area contributed by atoms with Crippen molar-refractivity contribution in [2.45, 2.75) is 50.1 Å². The first-order valence-corrected chi connectivity index (χ1v) is 12.7. The van der Waals surface area contributed by atoms with Crippen LogP contribution in [0.1, 0.15) is 37.7 Å². The van der Waals surface area contributed by atoms with Crippen molar-refractivity contribution in [2.75, 3.05) is 19.1 Å². The molecule has 7 heteroatoms. The highest BCUT2D eigenvalue weighted by molar-refractivity contribution is 7.98. The van der Waals surface area contributed by atoms with Crippen LogP contribution in [0.5, 0.6) is 0 Å². The van der Waals surface area contributed by atoms with Gasteiger partial charge in [0, 0.05) is 18.4 Å². The number of amides is 2. The first-order valence-electron chi connectivity index (χ1n) is 11.3. The number of thioether (sulfide) groups is 1. The smallest absolute Gasteiger partial charge is 0.328 e. The number of benzene rings is 2. The van der Waals surface area contributed by atoms with Crippen LogP contribution in [0.15, 0.2) is 54.6 Å². The molecule has 6 nitrogen and oxygen atoms in total. The molecular weight excluding hydrogens is 436 g/mol. The Morgan fingerprint density at radius 1 is 1.12 bits per heavy atom. The molecule has 2 aromatic rings. The van der Waals surface area contributed by atoms with Gasteiger partial charge in [-0.3, -0.25) is 9.59 Å². The van der Waals surface area contributed by atoms with Crippen LogP contribution in [0.3, 0.4) is 0 Å². The molecule has 0 bridgehead atoms. The molecule has 2 amide bonds. The van der Waals surface area contributed by atoms with Crippen molar-refractivity contribution in [3.05, 3.63) is 60.2 Å². The molecule has 0 aromatic heterocycles. The number of ether oxygens (including phenoxy) is 1. The standard InChI is InChI=1S/C26H32N2O4S/c1-32-25(31)22(14-17-33-2)27-23(29)12-15-26(16-13-24(30)28-26)18-19-8-10-21(11-9-19)20-6-4-3-5-7-20/h3-11,22H,12-18H2,1-2H3,(H,27,29)(H,28,30). The fraction of sp³-hybridized carbons (Fsp3) is 0.423. The van der Waals surface area contributed by atoms with E-state index in [0.717, 1.165) is 22.4 Å². The number of carbonyl (C=O) groups is 3. The first kappa shape index (κ1) is 24.8. The lowest BCUT2D eigenvalue weighted by Gasteiger charge is -2.29. The monoisotopic (exact) mass is 468 g/mol. The van der Waals surface area contributed by atoms with E-state index < -0.39 is 17.6 Å². The van der Waals surface area contributed by atoms with Crippen molar-refractivity contribution in [3.63, 3.8) is 0 Å². The molecule has 176 valence electrons. The molecule has 2 atom stereocenters. The van der Waals surface area contributed by atoms with Gasteiger partial charge in [0.15, 0.2) is 0 Å². The molecular formula is C26H32N2O4S. The van der Waals surface area contributed by atoms with E-state index in [1.807, 2.05) is 24.5 Å². The van der Waals surface area contributed by atoms with Gasteiger partial charge in [-0.2, -0.15) is 11.8 Å². The Morgan fingerprint density at radius 2 is 1.82 bits per heavy atom. The summed E-state index contributed by atoms with van der Waals surface area (Å²) in [7, 11) is 1.33. The summed E-state index contributed by atoms with van der Waals surface area (Å²) in [6, 6.07) is 17.9. The summed E-state index contributed by atoms with van der Waals surface area (Å²) in [6.45, 7) is 0. The van der Waals surface area contributed by atoms with Gasteiger partial charge >= 0.3 is 5.97 Å². The maximum Gasteiger partial charge on any atom is 0.328 e. The highest BCUT2D eigenvalue weighted by atomic mass is 32.2. The topological polar surface area (TPSA) is 84.5 Å². The molecule has 0 radical (unpaired) electrons. The van der Waals surface area contributed by atoms with Crippen LogP contribution in [0.2, 0.25) is 0 Å². The maximum atomic E-state index is 12.6. The Kier molecular flexibility index (Phi) is 8.95. The lowest BCUT2D eigenvalue weighted by Crippen LogP contribution is -2.46. The third-order valence-corrected chi connectivity index (χ3v) is 6.74. The summed E-state index contributed by atoms with van der Waals surface area (Å²) in [6.07, 6.45) is 5.03. The average Bonchev–Trinajstić information content (AvgIpc) is 3.21. The second kappa shape index (κ2) is 11.9. The van der Waals surface area contributed by atoms with E-state index in [-0.39, 0.29) is 18.2 Å². The van der Waals surface area contributed by atoms with Crippen molar-refractivity contribution in [3.8, 4) is 11.1 Å². The Hall–Kier alpha value is -2.80. The fourth-order valence-electron chi connectivity index (χ4n) is 4.26. The van der Waals surface area contributed by atoms with E-state index in [1.54, 1.807) is 11.8 Å². The number of hydrogen-bond acceptors (Lipinski definition) is 5. The summed E-state index contributed by atoms with van der Waals surface area (Å²) < 4.78 is 4.82. The lowest BCUT2D eigenvalue weighted by atomic mass is 9.84. The van der Waals surface area contributed by atoms with Gasteiger partial charge in [0.05, 0.1) is 7.11 Å². The molecule has 0 aliphatic carbocycles. The SMILES string of the molecule is COC(=O)C(CCSC)NC(=O)CCC1(Cc2ccc(-c3ccccc3)cc2)CCC(=O)N1. The quantitative estimate of drug-likeness (QED) is 0.491. The number of nitrogens with one attached hydrogen (secondary N) is 2. The summed E-state index contributed by atoms with van der Waals surface area (Å²) >= 11 is 1.61. The number of methoxy groups -OCH3 is 1. The van der Waals surface area contributed by atoms with E-state index in [0.29, 0.717) is 32.1 Å². The van der Waals surface area contributed by atoms with E-state index in [1.165, 1.54) is 7.11 Å². The Labute approximate surface area is 199 Å². The van der Waals surface area contributed by atoms with Gasteiger partial charge in [0.2, 0.25) is 11.8 Å². The molecule has 1 fully saturated rings. The minimum absolute atomic E-state index is 0.0173. The number of esters is 1. The molecule has 2 N–H and O–H groups in total. The van der Waals surface area contributed by atoms with E-state index in [9.17, 15) is 14.4 Å². The van der Waals surface area contributed by atoms with E-state index in [2.05, 4.69) is 47.0 Å². The minimum Gasteiger partial charge on any atom is -0.467 e. The third kappa shape index (κ3) is 7.09. The van der Waals surface area contributed by atoms with Crippen molar-refractivity contribution < 1.29 is 19.1 Å². The summed E-state index contributed by atoms with van der Waals surface area (Å²) in [5.41, 5.74) is 2.96. The molecule has 1 aliphatic heterocycles. The zero-order chi connectivity index (χ0) is 23.7. The largest absolute Gasteiger partial charge is 0.467 e.